The van der Waals surface area contributed by atoms with Gasteiger partial charge in [0.25, 0.3) is 11.8 Å². The van der Waals surface area contributed by atoms with Crippen LogP contribution in [0.1, 0.15) is 66.8 Å². The molecule has 0 bridgehead atoms. The van der Waals surface area contributed by atoms with Crippen molar-refractivity contribution in [3.63, 3.8) is 0 Å². The molecule has 0 spiro atoms. The summed E-state index contributed by atoms with van der Waals surface area (Å²) in [6.45, 7) is 7.89. The smallest absolute Gasteiger partial charge is 0.311 e. The van der Waals surface area contributed by atoms with Crippen molar-refractivity contribution >= 4 is 29.4 Å². The maximum Gasteiger partial charge on any atom is 0.311 e. The first-order valence-corrected chi connectivity index (χ1v) is 14.6. The lowest BCUT2D eigenvalue weighted by atomic mass is 9.82. The van der Waals surface area contributed by atoms with Gasteiger partial charge in [0.15, 0.2) is 0 Å². The Labute approximate surface area is 252 Å². The van der Waals surface area contributed by atoms with Crippen molar-refractivity contribution in [3.8, 4) is 11.1 Å². The Bertz CT molecular complexity index is 1540. The van der Waals surface area contributed by atoms with E-state index in [1.165, 1.54) is 0 Å². The highest BCUT2D eigenvalue weighted by Gasteiger charge is 2.37. The third-order valence-electron chi connectivity index (χ3n) is 8.19. The predicted molar refractivity (Wildman–Crippen MR) is 163 cm³/mol. The predicted octanol–water partition coefficient (Wildman–Crippen LogP) is 4.85. The van der Waals surface area contributed by atoms with Gasteiger partial charge in [-0.1, -0.05) is 18.2 Å². The molecule has 3 amide bonds. The number of anilines is 1. The van der Waals surface area contributed by atoms with Gasteiger partial charge in [-0.25, -0.2) is 0 Å². The minimum atomic E-state index is -0.703. The molecule has 1 aromatic heterocycles. The van der Waals surface area contributed by atoms with Crippen LogP contribution in [0.3, 0.4) is 0 Å². The molecule has 2 aromatic carbocycles. The Kier molecular flexibility index (Phi) is 8.35. The van der Waals surface area contributed by atoms with Crippen LogP contribution < -0.4 is 10.2 Å². The van der Waals surface area contributed by atoms with E-state index in [0.717, 1.165) is 29.5 Å². The number of fused-ring (bicyclic) bond motifs is 1. The second-order valence-electron chi connectivity index (χ2n) is 12.5. The lowest BCUT2D eigenvalue weighted by molar-refractivity contribution is -0.165. The SMILES string of the molecule is C[C@@H]1C(=O)N(C)c2cc(-c3ccncc3)ccc2C(=O)N1Cc1cccc(C(=O)NCC2CC(OC(=O)C(C)(C)C)C2)c1. The number of carbonyl (C=O) groups excluding carboxylic acids is 4. The molecular weight excluding hydrogens is 544 g/mol. The Morgan fingerprint density at radius 2 is 1.72 bits per heavy atom. The molecule has 0 saturated heterocycles. The van der Waals surface area contributed by atoms with Crippen LogP contribution in [-0.4, -0.2) is 59.3 Å². The van der Waals surface area contributed by atoms with Gasteiger partial charge in [-0.05, 0) is 99.5 Å². The molecule has 2 aliphatic rings. The molecule has 0 radical (unpaired) electrons. The molecule has 1 aliphatic carbocycles. The van der Waals surface area contributed by atoms with Crippen LogP contribution in [0.2, 0.25) is 0 Å². The summed E-state index contributed by atoms with van der Waals surface area (Å²) in [5, 5.41) is 2.98. The molecular formula is C34H38N4O5. The molecule has 1 fully saturated rings. The number of ether oxygens (including phenoxy) is 1. The fourth-order valence-electron chi connectivity index (χ4n) is 5.40. The summed E-state index contributed by atoms with van der Waals surface area (Å²) < 4.78 is 5.54. The summed E-state index contributed by atoms with van der Waals surface area (Å²) in [5.41, 5.74) is 3.52. The first-order valence-electron chi connectivity index (χ1n) is 14.6. The fraction of sp³-hybridized carbons (Fsp3) is 0.382. The molecule has 1 saturated carbocycles. The molecule has 1 N–H and O–H groups in total. The minimum absolute atomic E-state index is 0.0979. The van der Waals surface area contributed by atoms with Gasteiger partial charge < -0.3 is 19.9 Å². The highest BCUT2D eigenvalue weighted by Crippen LogP contribution is 2.33. The number of carbonyl (C=O) groups is 4. The maximum absolute atomic E-state index is 13.8. The van der Waals surface area contributed by atoms with E-state index in [9.17, 15) is 19.2 Å². The topological polar surface area (TPSA) is 109 Å². The number of nitrogens with zero attached hydrogens (tertiary/aromatic N) is 3. The highest BCUT2D eigenvalue weighted by molar-refractivity contribution is 6.11. The molecule has 9 heteroatoms. The third-order valence-corrected chi connectivity index (χ3v) is 8.19. The Balaban J connectivity index is 1.25. The summed E-state index contributed by atoms with van der Waals surface area (Å²) in [4.78, 5) is 59.4. The summed E-state index contributed by atoms with van der Waals surface area (Å²) in [6.07, 6.45) is 4.76. The lowest BCUT2D eigenvalue weighted by Crippen LogP contribution is -2.45. The van der Waals surface area contributed by atoms with Crippen LogP contribution in [0.25, 0.3) is 11.1 Å². The Hall–Kier alpha value is -4.53. The molecule has 9 nitrogen and oxygen atoms in total. The van der Waals surface area contributed by atoms with Crippen LogP contribution in [0.15, 0.2) is 67.0 Å². The van der Waals surface area contributed by atoms with Crippen molar-refractivity contribution < 1.29 is 23.9 Å². The molecule has 0 unspecified atom stereocenters. The van der Waals surface area contributed by atoms with Crippen LogP contribution in [0, 0.1) is 11.3 Å². The molecule has 1 aliphatic heterocycles. The van der Waals surface area contributed by atoms with E-state index in [-0.39, 0.29) is 42.3 Å². The minimum Gasteiger partial charge on any atom is -0.462 e. The number of pyridine rings is 1. The number of amides is 3. The zero-order chi connectivity index (χ0) is 30.9. The zero-order valence-corrected chi connectivity index (χ0v) is 25.3. The summed E-state index contributed by atoms with van der Waals surface area (Å²) in [7, 11) is 1.69. The van der Waals surface area contributed by atoms with Crippen LogP contribution in [0.5, 0.6) is 0 Å². The second-order valence-corrected chi connectivity index (χ2v) is 12.5. The van der Waals surface area contributed by atoms with E-state index < -0.39 is 11.5 Å². The second kappa shape index (κ2) is 12.0. The monoisotopic (exact) mass is 582 g/mol. The number of likely N-dealkylation sites (N-methyl/N-ethyl adjacent to an activating group) is 1. The van der Waals surface area contributed by atoms with E-state index in [0.29, 0.717) is 23.4 Å². The molecule has 5 rings (SSSR count). The largest absolute Gasteiger partial charge is 0.462 e. The molecule has 224 valence electrons. The lowest BCUT2D eigenvalue weighted by Gasteiger charge is -2.36. The van der Waals surface area contributed by atoms with Crippen molar-refractivity contribution in [3.05, 3.63) is 83.7 Å². The average Bonchev–Trinajstić information content (AvgIpc) is 3.04. The first-order chi connectivity index (χ1) is 20.4. The van der Waals surface area contributed by atoms with E-state index in [1.807, 2.05) is 51.1 Å². The van der Waals surface area contributed by atoms with Gasteiger partial charge in [0.05, 0.1) is 16.7 Å². The fourth-order valence-corrected chi connectivity index (χ4v) is 5.40. The Morgan fingerprint density at radius 1 is 1.00 bits per heavy atom. The van der Waals surface area contributed by atoms with Crippen LogP contribution in [0.4, 0.5) is 5.69 Å². The van der Waals surface area contributed by atoms with E-state index in [2.05, 4.69) is 10.3 Å². The van der Waals surface area contributed by atoms with E-state index >= 15 is 0 Å². The summed E-state index contributed by atoms with van der Waals surface area (Å²) in [6, 6.07) is 15.7. The van der Waals surface area contributed by atoms with Crippen molar-refractivity contribution in [2.45, 2.75) is 59.2 Å². The van der Waals surface area contributed by atoms with E-state index in [4.69, 9.17) is 4.74 Å². The van der Waals surface area contributed by atoms with Gasteiger partial charge in [-0.3, -0.25) is 24.2 Å². The van der Waals surface area contributed by atoms with E-state index in [1.54, 1.807) is 60.4 Å². The number of rotatable bonds is 7. The van der Waals surface area contributed by atoms with Gasteiger partial charge in [0, 0.05) is 38.1 Å². The van der Waals surface area contributed by atoms with Gasteiger partial charge in [0.2, 0.25) is 5.91 Å². The molecule has 2 heterocycles. The first kappa shape index (κ1) is 29.9. The number of benzene rings is 2. The molecule has 43 heavy (non-hydrogen) atoms. The van der Waals surface area contributed by atoms with Crippen LogP contribution >= 0.6 is 0 Å². The average molecular weight is 583 g/mol. The van der Waals surface area contributed by atoms with Gasteiger partial charge >= 0.3 is 5.97 Å². The summed E-state index contributed by atoms with van der Waals surface area (Å²) in [5.74, 6) is -0.608. The normalized spacial score (nSPS) is 20.2. The highest BCUT2D eigenvalue weighted by atomic mass is 16.5. The van der Waals surface area contributed by atoms with Gasteiger partial charge in [-0.15, -0.1) is 0 Å². The standard InChI is InChI=1S/C34H38N4O5/c1-21-31(40)37(5)29-18-25(24-11-13-35-14-12-24)9-10-28(29)32(41)38(21)20-22-7-6-8-26(15-22)30(39)36-19-23-16-27(17-23)43-33(42)34(2,3)4/h6-15,18,21,23,27H,16-17,19-20H2,1-5H3,(H,36,39)/t21-,23?,27?/m1/s1. The van der Waals surface area contributed by atoms with Crippen molar-refractivity contribution in [2.75, 3.05) is 18.5 Å². The zero-order valence-electron chi connectivity index (χ0n) is 25.3. The number of esters is 1. The van der Waals surface area contributed by atoms with Crippen molar-refractivity contribution in [2.24, 2.45) is 11.3 Å². The van der Waals surface area contributed by atoms with Crippen molar-refractivity contribution in [1.29, 1.82) is 0 Å². The summed E-state index contributed by atoms with van der Waals surface area (Å²) >= 11 is 0. The number of aromatic nitrogens is 1. The molecule has 1 atom stereocenters. The number of nitrogens with one attached hydrogen (secondary N) is 1. The Morgan fingerprint density at radius 3 is 2.42 bits per heavy atom. The van der Waals surface area contributed by atoms with Gasteiger partial charge in [0.1, 0.15) is 12.1 Å². The number of hydrogen-bond donors (Lipinski definition) is 1. The van der Waals surface area contributed by atoms with Crippen LogP contribution in [-0.2, 0) is 20.9 Å². The van der Waals surface area contributed by atoms with Gasteiger partial charge in [-0.2, -0.15) is 0 Å². The third kappa shape index (κ3) is 6.45. The number of hydrogen-bond acceptors (Lipinski definition) is 6. The maximum atomic E-state index is 13.8. The molecule has 3 aromatic rings. The quantitative estimate of drug-likeness (QED) is 0.399. The van der Waals surface area contributed by atoms with Crippen molar-refractivity contribution in [1.82, 2.24) is 15.2 Å².